The van der Waals surface area contributed by atoms with Crippen LogP contribution in [0.4, 0.5) is 5.69 Å². The van der Waals surface area contributed by atoms with Crippen LogP contribution >= 0.6 is 27.5 Å². The molecule has 1 saturated heterocycles. The molecule has 1 fully saturated rings. The van der Waals surface area contributed by atoms with E-state index in [9.17, 15) is 4.79 Å². The van der Waals surface area contributed by atoms with Crippen LogP contribution in [0.1, 0.15) is 18.4 Å². The molecule has 6 nitrogen and oxygen atoms in total. The molecule has 4 rings (SSSR count). The van der Waals surface area contributed by atoms with Crippen molar-refractivity contribution in [2.45, 2.75) is 12.8 Å². The van der Waals surface area contributed by atoms with Crippen molar-refractivity contribution < 1.29 is 5.21 Å². The van der Waals surface area contributed by atoms with E-state index >= 15 is 0 Å². The summed E-state index contributed by atoms with van der Waals surface area (Å²) < 4.78 is 2.18. The van der Waals surface area contributed by atoms with E-state index in [1.54, 1.807) is 12.1 Å². The first-order chi connectivity index (χ1) is 14.1. The first kappa shape index (κ1) is 19.7. The van der Waals surface area contributed by atoms with Crippen LogP contribution in [-0.4, -0.2) is 34.3 Å². The summed E-state index contributed by atoms with van der Waals surface area (Å²) in [5, 5.41) is 17.1. The predicted molar refractivity (Wildman–Crippen MR) is 119 cm³/mol. The summed E-state index contributed by atoms with van der Waals surface area (Å²) >= 11 is 9.85. The summed E-state index contributed by atoms with van der Waals surface area (Å²) in [6.45, 7) is 1.67. The average molecular weight is 474 g/mol. The number of benzene rings is 2. The number of halogens is 2. The van der Waals surface area contributed by atoms with Gasteiger partial charge in [-0.3, -0.25) is 4.79 Å². The molecule has 29 heavy (non-hydrogen) atoms. The number of nitrogens with zero attached hydrogens (tertiary/aromatic N) is 4. The van der Waals surface area contributed by atoms with Gasteiger partial charge in [0.1, 0.15) is 5.69 Å². The van der Waals surface area contributed by atoms with Gasteiger partial charge in [0.2, 0.25) is 0 Å². The molecule has 8 heteroatoms. The Labute approximate surface area is 181 Å². The Bertz CT molecular complexity index is 1140. The molecule has 0 spiro atoms. The fraction of sp³-hybridized carbons (Fsp3) is 0.190. The summed E-state index contributed by atoms with van der Waals surface area (Å²) in [5.41, 5.74) is 3.06. The first-order valence-electron chi connectivity index (χ1n) is 9.19. The Morgan fingerprint density at radius 1 is 1.10 bits per heavy atom. The van der Waals surface area contributed by atoms with Crippen LogP contribution in [0.2, 0.25) is 5.02 Å². The number of hydrogen-bond donors (Lipinski definition) is 1. The van der Waals surface area contributed by atoms with Crippen LogP contribution in [0, 0.1) is 0 Å². The molecule has 0 bridgehead atoms. The predicted octanol–water partition coefficient (Wildman–Crippen LogP) is 4.72. The third kappa shape index (κ3) is 4.06. The van der Waals surface area contributed by atoms with Gasteiger partial charge in [-0.15, -0.1) is 0 Å². The smallest absolute Gasteiger partial charge is 0.295 e. The number of anilines is 1. The SMILES string of the molecule is O=c1c(N2CCCC2)cc(-c2cc(Br)cc(C=NO)c2)nn1-c1ccccc1Cl. The second-order valence-corrected chi connectivity index (χ2v) is 8.12. The molecule has 3 aromatic rings. The third-order valence-corrected chi connectivity index (χ3v) is 5.62. The summed E-state index contributed by atoms with van der Waals surface area (Å²) in [4.78, 5) is 15.4. The molecule has 1 aliphatic rings. The summed E-state index contributed by atoms with van der Waals surface area (Å²) in [7, 11) is 0. The summed E-state index contributed by atoms with van der Waals surface area (Å²) in [6, 6.07) is 14.6. The Morgan fingerprint density at radius 2 is 1.86 bits per heavy atom. The van der Waals surface area contributed by atoms with Gasteiger partial charge < -0.3 is 10.1 Å². The van der Waals surface area contributed by atoms with Crippen molar-refractivity contribution in [2.24, 2.45) is 5.16 Å². The van der Waals surface area contributed by atoms with Gasteiger partial charge in [0.25, 0.3) is 5.56 Å². The van der Waals surface area contributed by atoms with Crippen molar-refractivity contribution in [3.63, 3.8) is 0 Å². The highest BCUT2D eigenvalue weighted by atomic mass is 79.9. The van der Waals surface area contributed by atoms with Gasteiger partial charge in [0.05, 0.1) is 22.6 Å². The highest BCUT2D eigenvalue weighted by molar-refractivity contribution is 9.10. The lowest BCUT2D eigenvalue weighted by molar-refractivity contribution is 0.322. The van der Waals surface area contributed by atoms with Crippen molar-refractivity contribution in [3.8, 4) is 16.9 Å². The molecule has 1 aromatic heterocycles. The third-order valence-electron chi connectivity index (χ3n) is 4.84. The van der Waals surface area contributed by atoms with Gasteiger partial charge in [-0.25, -0.2) is 0 Å². The van der Waals surface area contributed by atoms with Crippen LogP contribution in [0.3, 0.4) is 0 Å². The maximum absolute atomic E-state index is 13.3. The fourth-order valence-corrected chi connectivity index (χ4v) is 4.22. The quantitative estimate of drug-likeness (QED) is 0.338. The van der Waals surface area contributed by atoms with Crippen molar-refractivity contribution in [1.82, 2.24) is 9.78 Å². The molecule has 0 atom stereocenters. The van der Waals surface area contributed by atoms with Gasteiger partial charge in [0, 0.05) is 23.1 Å². The number of oxime groups is 1. The Kier molecular flexibility index (Phi) is 5.69. The van der Waals surface area contributed by atoms with E-state index in [1.165, 1.54) is 10.9 Å². The minimum Gasteiger partial charge on any atom is -0.411 e. The average Bonchev–Trinajstić information content (AvgIpc) is 3.23. The highest BCUT2D eigenvalue weighted by Crippen LogP contribution is 2.28. The van der Waals surface area contributed by atoms with Crippen LogP contribution < -0.4 is 10.5 Å². The van der Waals surface area contributed by atoms with Crippen LogP contribution in [0.25, 0.3) is 16.9 Å². The van der Waals surface area contributed by atoms with Gasteiger partial charge in [-0.2, -0.15) is 9.78 Å². The molecular formula is C21H18BrClN4O2. The lowest BCUT2D eigenvalue weighted by atomic mass is 10.1. The maximum atomic E-state index is 13.3. The van der Waals surface area contributed by atoms with Crippen LogP contribution in [0.5, 0.6) is 0 Å². The summed E-state index contributed by atoms with van der Waals surface area (Å²) in [6.07, 6.45) is 3.45. The van der Waals surface area contributed by atoms with E-state index in [0.717, 1.165) is 36.0 Å². The zero-order valence-electron chi connectivity index (χ0n) is 15.4. The maximum Gasteiger partial charge on any atom is 0.295 e. The van der Waals surface area contributed by atoms with E-state index in [-0.39, 0.29) is 5.56 Å². The fourth-order valence-electron chi connectivity index (χ4n) is 3.50. The van der Waals surface area contributed by atoms with E-state index in [1.807, 2.05) is 36.4 Å². The lowest BCUT2D eigenvalue weighted by Gasteiger charge is -2.19. The molecule has 2 aromatic carbocycles. The molecule has 0 aliphatic carbocycles. The molecule has 0 saturated carbocycles. The number of hydrogen-bond acceptors (Lipinski definition) is 5. The first-order valence-corrected chi connectivity index (χ1v) is 10.4. The molecule has 0 radical (unpaired) electrons. The summed E-state index contributed by atoms with van der Waals surface area (Å²) in [5.74, 6) is 0. The highest BCUT2D eigenvalue weighted by Gasteiger charge is 2.20. The van der Waals surface area contributed by atoms with Gasteiger partial charge in [0.15, 0.2) is 0 Å². The van der Waals surface area contributed by atoms with Crippen LogP contribution in [-0.2, 0) is 0 Å². The molecule has 2 heterocycles. The van der Waals surface area contributed by atoms with Gasteiger partial charge in [-0.05, 0) is 54.8 Å². The molecule has 1 aliphatic heterocycles. The Balaban J connectivity index is 1.95. The molecule has 148 valence electrons. The van der Waals surface area contributed by atoms with Crippen molar-refractivity contribution in [2.75, 3.05) is 18.0 Å². The van der Waals surface area contributed by atoms with Gasteiger partial charge >= 0.3 is 0 Å². The monoisotopic (exact) mass is 472 g/mol. The zero-order chi connectivity index (χ0) is 20.4. The molecule has 1 N–H and O–H groups in total. The normalized spacial score (nSPS) is 14.1. The topological polar surface area (TPSA) is 70.7 Å². The molecular weight excluding hydrogens is 456 g/mol. The lowest BCUT2D eigenvalue weighted by Crippen LogP contribution is -2.31. The minimum absolute atomic E-state index is 0.198. The number of aromatic nitrogens is 2. The second kappa shape index (κ2) is 8.39. The van der Waals surface area contributed by atoms with Crippen molar-refractivity contribution >= 4 is 39.4 Å². The zero-order valence-corrected chi connectivity index (χ0v) is 17.8. The largest absolute Gasteiger partial charge is 0.411 e. The minimum atomic E-state index is -0.198. The van der Waals surface area contributed by atoms with Crippen molar-refractivity contribution in [1.29, 1.82) is 0 Å². The standard InChI is InChI=1S/C21H18BrClN4O2/c22-16-10-14(13-24-29)9-15(11-16)18-12-20(26-7-3-4-8-26)21(28)27(25-18)19-6-2-1-5-17(19)23/h1-2,5-6,9-13,29H,3-4,7-8H2. The second-order valence-electron chi connectivity index (χ2n) is 6.80. The van der Waals surface area contributed by atoms with E-state index in [0.29, 0.717) is 27.7 Å². The Morgan fingerprint density at radius 3 is 2.59 bits per heavy atom. The van der Waals surface area contributed by atoms with E-state index in [4.69, 9.17) is 16.8 Å². The van der Waals surface area contributed by atoms with Gasteiger partial charge in [-0.1, -0.05) is 44.8 Å². The van der Waals surface area contributed by atoms with Crippen LogP contribution in [0.15, 0.2) is 63.0 Å². The van der Waals surface area contributed by atoms with E-state index < -0.39 is 0 Å². The van der Waals surface area contributed by atoms with E-state index in [2.05, 4.69) is 31.1 Å². The number of para-hydroxylation sites is 1. The Hall–Kier alpha value is -2.64. The number of rotatable bonds is 4. The van der Waals surface area contributed by atoms with Crippen molar-refractivity contribution in [3.05, 3.63) is 73.9 Å². The molecule has 0 unspecified atom stereocenters. The molecule has 0 amide bonds.